The number of aliphatic hydroxyl groups excluding tert-OH is 1. The van der Waals surface area contributed by atoms with Gasteiger partial charge in [0.05, 0.1) is 38.6 Å². The highest BCUT2D eigenvalue weighted by molar-refractivity contribution is 7.92. The molecule has 0 amide bonds. The van der Waals surface area contributed by atoms with E-state index in [2.05, 4.69) is 4.72 Å². The second-order valence-corrected chi connectivity index (χ2v) is 9.13. The summed E-state index contributed by atoms with van der Waals surface area (Å²) < 4.78 is 49.0. The van der Waals surface area contributed by atoms with Crippen molar-refractivity contribution in [2.75, 3.05) is 11.5 Å². The number of halogens is 2. The van der Waals surface area contributed by atoms with E-state index in [9.17, 15) is 21.9 Å². The van der Waals surface area contributed by atoms with Crippen LogP contribution in [-0.4, -0.2) is 45.6 Å². The first-order valence-corrected chi connectivity index (χ1v) is 9.53. The number of aliphatic hydroxyl groups is 1. The standard InChI is InChI=1S/C10H11Cl2NO5S2/c11-7-2-1-6(3-8(7)12)20(17,18)13-9-4-19(15,16)5-10(9)14/h1-3,9-10,13-14H,4-5H2/t9-,10+/m0/s1. The molecule has 0 saturated carbocycles. The molecule has 6 nitrogen and oxygen atoms in total. The molecule has 10 heteroatoms. The molecule has 0 spiro atoms. The van der Waals surface area contributed by atoms with Gasteiger partial charge in [0, 0.05) is 0 Å². The van der Waals surface area contributed by atoms with Crippen LogP contribution in [0.5, 0.6) is 0 Å². The Balaban J connectivity index is 2.26. The van der Waals surface area contributed by atoms with Crippen molar-refractivity contribution in [3.05, 3.63) is 28.2 Å². The zero-order valence-electron chi connectivity index (χ0n) is 9.95. The Hall–Kier alpha value is -0.380. The van der Waals surface area contributed by atoms with Gasteiger partial charge in [0.15, 0.2) is 9.84 Å². The van der Waals surface area contributed by atoms with Crippen molar-refractivity contribution in [3.63, 3.8) is 0 Å². The Kier molecular flexibility index (Phi) is 4.35. The van der Waals surface area contributed by atoms with E-state index in [-0.39, 0.29) is 14.9 Å². The summed E-state index contributed by atoms with van der Waals surface area (Å²) in [4.78, 5) is -0.150. The molecule has 0 aromatic heterocycles. The van der Waals surface area contributed by atoms with Gasteiger partial charge in [-0.1, -0.05) is 23.2 Å². The molecule has 0 aliphatic carbocycles. The Labute approximate surface area is 126 Å². The van der Waals surface area contributed by atoms with Gasteiger partial charge in [-0.15, -0.1) is 0 Å². The van der Waals surface area contributed by atoms with Crippen LogP contribution in [-0.2, 0) is 19.9 Å². The highest BCUT2D eigenvalue weighted by Gasteiger charge is 2.38. The van der Waals surface area contributed by atoms with Crippen molar-refractivity contribution in [1.29, 1.82) is 0 Å². The van der Waals surface area contributed by atoms with Crippen LogP contribution in [0, 0.1) is 0 Å². The minimum Gasteiger partial charge on any atom is -0.390 e. The fourth-order valence-electron chi connectivity index (χ4n) is 1.85. The molecule has 1 aliphatic rings. The molecule has 1 heterocycles. The van der Waals surface area contributed by atoms with E-state index in [4.69, 9.17) is 23.2 Å². The molecule has 2 rings (SSSR count). The summed E-state index contributed by atoms with van der Waals surface area (Å²) in [6, 6.07) is 2.65. The van der Waals surface area contributed by atoms with Crippen LogP contribution in [0.1, 0.15) is 0 Å². The zero-order chi connectivity index (χ0) is 15.1. The number of hydrogen-bond donors (Lipinski definition) is 2. The van der Waals surface area contributed by atoms with E-state index >= 15 is 0 Å². The average Bonchev–Trinajstić information content (AvgIpc) is 2.54. The molecule has 1 saturated heterocycles. The SMILES string of the molecule is O=S1(=O)C[C@@H](O)[C@@H](NS(=O)(=O)c2ccc(Cl)c(Cl)c2)C1. The first kappa shape index (κ1) is 16.0. The van der Waals surface area contributed by atoms with Crippen LogP contribution in [0.3, 0.4) is 0 Å². The van der Waals surface area contributed by atoms with Gasteiger partial charge in [0.1, 0.15) is 0 Å². The molecule has 1 aromatic carbocycles. The highest BCUT2D eigenvalue weighted by Crippen LogP contribution is 2.25. The van der Waals surface area contributed by atoms with Crippen molar-refractivity contribution in [2.45, 2.75) is 17.0 Å². The van der Waals surface area contributed by atoms with Gasteiger partial charge in [-0.3, -0.25) is 0 Å². The molecular formula is C10H11Cl2NO5S2. The quantitative estimate of drug-likeness (QED) is 0.814. The van der Waals surface area contributed by atoms with E-state index in [1.807, 2.05) is 0 Å². The molecule has 1 aromatic rings. The Morgan fingerprint density at radius 3 is 2.35 bits per heavy atom. The first-order valence-electron chi connectivity index (χ1n) is 5.46. The van der Waals surface area contributed by atoms with Crippen LogP contribution >= 0.6 is 23.2 Å². The van der Waals surface area contributed by atoms with Crippen LogP contribution < -0.4 is 4.72 Å². The lowest BCUT2D eigenvalue weighted by atomic mass is 10.2. The van der Waals surface area contributed by atoms with Crippen LogP contribution in [0.2, 0.25) is 10.0 Å². The third-order valence-corrected chi connectivity index (χ3v) is 6.77. The van der Waals surface area contributed by atoms with Crippen molar-refractivity contribution in [3.8, 4) is 0 Å². The van der Waals surface area contributed by atoms with Crippen LogP contribution in [0.15, 0.2) is 23.1 Å². The summed E-state index contributed by atoms with van der Waals surface area (Å²) in [6.45, 7) is 0. The summed E-state index contributed by atoms with van der Waals surface area (Å²) in [6.07, 6.45) is -1.27. The van der Waals surface area contributed by atoms with E-state index in [0.29, 0.717) is 0 Å². The van der Waals surface area contributed by atoms with E-state index in [0.717, 1.165) is 6.07 Å². The molecule has 0 bridgehead atoms. The summed E-state index contributed by atoms with van der Waals surface area (Å²) in [5.74, 6) is -0.893. The normalized spacial score (nSPS) is 25.8. The van der Waals surface area contributed by atoms with E-state index in [1.165, 1.54) is 12.1 Å². The third kappa shape index (κ3) is 3.44. The summed E-state index contributed by atoms with van der Waals surface area (Å²) in [5.41, 5.74) is 0. The molecular weight excluding hydrogens is 349 g/mol. The summed E-state index contributed by atoms with van der Waals surface area (Å²) in [5, 5.41) is 9.85. The minimum absolute atomic E-state index is 0.0640. The van der Waals surface area contributed by atoms with Gasteiger partial charge in [-0.2, -0.15) is 0 Å². The predicted molar refractivity (Wildman–Crippen MR) is 75.2 cm³/mol. The smallest absolute Gasteiger partial charge is 0.240 e. The van der Waals surface area contributed by atoms with Crippen LogP contribution in [0.4, 0.5) is 0 Å². The van der Waals surface area contributed by atoms with Crippen molar-refractivity contribution < 1.29 is 21.9 Å². The number of hydrogen-bond acceptors (Lipinski definition) is 5. The maximum atomic E-state index is 12.1. The Bertz CT molecular complexity index is 732. The molecule has 112 valence electrons. The van der Waals surface area contributed by atoms with Gasteiger partial charge < -0.3 is 5.11 Å². The maximum Gasteiger partial charge on any atom is 0.240 e. The average molecular weight is 360 g/mol. The van der Waals surface area contributed by atoms with E-state index in [1.54, 1.807) is 0 Å². The zero-order valence-corrected chi connectivity index (χ0v) is 13.1. The monoisotopic (exact) mass is 359 g/mol. The van der Waals surface area contributed by atoms with Gasteiger partial charge in [-0.05, 0) is 18.2 Å². The second-order valence-electron chi connectivity index (χ2n) is 4.45. The number of nitrogens with one attached hydrogen (secondary N) is 1. The minimum atomic E-state index is -3.98. The number of sulfone groups is 1. The van der Waals surface area contributed by atoms with Crippen molar-refractivity contribution >= 4 is 43.1 Å². The maximum absolute atomic E-state index is 12.1. The summed E-state index contributed by atoms with van der Waals surface area (Å²) >= 11 is 11.4. The molecule has 2 N–H and O–H groups in total. The highest BCUT2D eigenvalue weighted by atomic mass is 35.5. The van der Waals surface area contributed by atoms with Gasteiger partial charge in [-0.25, -0.2) is 21.6 Å². The van der Waals surface area contributed by atoms with Gasteiger partial charge in [0.2, 0.25) is 10.0 Å². The lowest BCUT2D eigenvalue weighted by Gasteiger charge is -2.15. The molecule has 1 aliphatic heterocycles. The van der Waals surface area contributed by atoms with Gasteiger partial charge in [0.25, 0.3) is 0 Å². The topological polar surface area (TPSA) is 101 Å². The molecule has 2 atom stereocenters. The van der Waals surface area contributed by atoms with Crippen molar-refractivity contribution in [2.24, 2.45) is 0 Å². The first-order chi connectivity index (χ1) is 9.11. The third-order valence-electron chi connectivity index (χ3n) is 2.83. The lowest BCUT2D eigenvalue weighted by molar-refractivity contribution is 0.176. The fraction of sp³-hybridized carbons (Fsp3) is 0.400. The summed E-state index contributed by atoms with van der Waals surface area (Å²) in [7, 11) is -7.42. The molecule has 1 fully saturated rings. The number of sulfonamides is 1. The fourth-order valence-corrected chi connectivity index (χ4v) is 5.36. The Morgan fingerprint density at radius 2 is 1.85 bits per heavy atom. The van der Waals surface area contributed by atoms with Crippen LogP contribution in [0.25, 0.3) is 0 Å². The predicted octanol–water partition coefficient (Wildman–Crippen LogP) is 0.430. The molecule has 0 unspecified atom stereocenters. The second kappa shape index (κ2) is 5.43. The van der Waals surface area contributed by atoms with E-state index < -0.39 is 43.5 Å². The number of rotatable bonds is 3. The number of benzene rings is 1. The Morgan fingerprint density at radius 1 is 1.20 bits per heavy atom. The van der Waals surface area contributed by atoms with Crippen molar-refractivity contribution in [1.82, 2.24) is 4.72 Å². The molecule has 20 heavy (non-hydrogen) atoms. The lowest BCUT2D eigenvalue weighted by Crippen LogP contribution is -2.42. The van der Waals surface area contributed by atoms with Gasteiger partial charge >= 0.3 is 0 Å². The molecule has 0 radical (unpaired) electrons. The largest absolute Gasteiger partial charge is 0.390 e.